The molecular weight excluding hydrogens is 711 g/mol. The summed E-state index contributed by atoms with van der Waals surface area (Å²) in [6.07, 6.45) is 0. The van der Waals surface area contributed by atoms with Crippen LogP contribution in [-0.2, 0) is 0 Å². The highest BCUT2D eigenvalue weighted by Gasteiger charge is 2.20. The molecule has 0 aliphatic rings. The van der Waals surface area contributed by atoms with Gasteiger partial charge in [0.05, 0.1) is 11.0 Å². The number of benzene rings is 9. The molecule has 0 saturated carbocycles. The first-order chi connectivity index (χ1) is 28.7. The number of oxazole rings is 1. The number of fused-ring (bicyclic) bond motifs is 9. The molecule has 0 atom stereocenters. The van der Waals surface area contributed by atoms with Crippen LogP contribution in [0.5, 0.6) is 0 Å². The summed E-state index contributed by atoms with van der Waals surface area (Å²) in [5.74, 6) is 0.626. The number of aromatic nitrogens is 2. The third kappa shape index (κ3) is 5.07. The quantitative estimate of drug-likeness (QED) is 0.170. The number of rotatable bonds is 6. The number of anilines is 3. The Balaban J connectivity index is 1.01. The first-order valence-corrected chi connectivity index (χ1v) is 19.5. The Hall–Kier alpha value is -7.89. The summed E-state index contributed by atoms with van der Waals surface area (Å²) in [7, 11) is 0. The van der Waals surface area contributed by atoms with Crippen molar-refractivity contribution in [3.05, 3.63) is 200 Å². The number of nitrogens with zero attached hydrogens (tertiary/aromatic N) is 3. The fourth-order valence-electron chi connectivity index (χ4n) is 8.75. The lowest BCUT2D eigenvalue weighted by Gasteiger charge is -2.26. The van der Waals surface area contributed by atoms with Gasteiger partial charge >= 0.3 is 0 Å². The van der Waals surface area contributed by atoms with Gasteiger partial charge in [-0.05, 0) is 108 Å². The molecule has 0 fully saturated rings. The predicted molar refractivity (Wildman–Crippen MR) is 239 cm³/mol. The Kier molecular flexibility index (Phi) is 7.16. The van der Waals surface area contributed by atoms with Crippen molar-refractivity contribution in [1.82, 2.24) is 9.55 Å². The molecular formula is C53H33N3O2. The van der Waals surface area contributed by atoms with Gasteiger partial charge in [0, 0.05) is 61.3 Å². The number of furan rings is 1. The molecule has 5 heteroatoms. The summed E-state index contributed by atoms with van der Waals surface area (Å²) < 4.78 is 15.0. The Labute approximate surface area is 333 Å². The zero-order valence-corrected chi connectivity index (χ0v) is 31.2. The Morgan fingerprint density at radius 2 is 1.03 bits per heavy atom. The molecule has 0 aliphatic carbocycles. The third-order valence-corrected chi connectivity index (χ3v) is 11.4. The molecule has 0 bridgehead atoms. The third-order valence-electron chi connectivity index (χ3n) is 11.4. The summed E-state index contributed by atoms with van der Waals surface area (Å²) >= 11 is 0. The number of para-hydroxylation sites is 3. The van der Waals surface area contributed by atoms with Gasteiger partial charge in [0.1, 0.15) is 16.7 Å². The average molecular weight is 744 g/mol. The lowest BCUT2D eigenvalue weighted by Crippen LogP contribution is -2.09. The fourth-order valence-corrected chi connectivity index (χ4v) is 8.75. The van der Waals surface area contributed by atoms with Gasteiger partial charge in [-0.15, -0.1) is 0 Å². The van der Waals surface area contributed by atoms with Gasteiger partial charge in [-0.25, -0.2) is 4.98 Å². The van der Waals surface area contributed by atoms with Gasteiger partial charge in [0.15, 0.2) is 5.58 Å². The highest BCUT2D eigenvalue weighted by atomic mass is 16.3. The van der Waals surface area contributed by atoms with Crippen molar-refractivity contribution in [3.8, 4) is 28.3 Å². The van der Waals surface area contributed by atoms with Gasteiger partial charge in [-0.3, -0.25) is 0 Å². The standard InChI is InChI=1S/C53H33N3O2/c1-3-12-35(13-4-1)53-54-52-45-19-11-18-40(41(45)29-31-50(52)58-53)34-22-24-37(25-23-34)55(39-26-28-44-43-17-8-10-21-49(43)57-51(44)33-39)38-27-30-48-46(32-38)42-16-7-9-20-47(42)56(48)36-14-5-2-6-15-36/h1-33H. The van der Waals surface area contributed by atoms with Gasteiger partial charge < -0.3 is 18.3 Å². The van der Waals surface area contributed by atoms with Crippen LogP contribution in [0.1, 0.15) is 0 Å². The van der Waals surface area contributed by atoms with Crippen LogP contribution in [0.3, 0.4) is 0 Å². The van der Waals surface area contributed by atoms with Crippen molar-refractivity contribution < 1.29 is 8.83 Å². The maximum atomic E-state index is 6.43. The van der Waals surface area contributed by atoms with E-state index in [0.717, 1.165) is 88.8 Å². The molecule has 0 unspecified atom stereocenters. The van der Waals surface area contributed by atoms with E-state index in [-0.39, 0.29) is 0 Å². The molecule has 5 nitrogen and oxygen atoms in total. The van der Waals surface area contributed by atoms with Crippen LogP contribution in [0.4, 0.5) is 17.1 Å². The summed E-state index contributed by atoms with van der Waals surface area (Å²) in [6.45, 7) is 0. The van der Waals surface area contributed by atoms with E-state index in [2.05, 4.69) is 161 Å². The molecule has 0 amide bonds. The minimum atomic E-state index is 0.626. The lowest BCUT2D eigenvalue weighted by atomic mass is 9.97. The summed E-state index contributed by atoms with van der Waals surface area (Å²) in [6, 6.07) is 70.4. The molecule has 58 heavy (non-hydrogen) atoms. The number of hydrogen-bond acceptors (Lipinski definition) is 4. The predicted octanol–water partition coefficient (Wildman–Crippen LogP) is 14.8. The van der Waals surface area contributed by atoms with Crippen LogP contribution in [0.25, 0.3) is 93.9 Å². The van der Waals surface area contributed by atoms with E-state index in [9.17, 15) is 0 Å². The molecule has 0 radical (unpaired) electrons. The molecule has 0 aliphatic heterocycles. The highest BCUT2D eigenvalue weighted by Crippen LogP contribution is 2.43. The Morgan fingerprint density at radius 1 is 0.379 bits per heavy atom. The van der Waals surface area contributed by atoms with Crippen molar-refractivity contribution in [2.45, 2.75) is 0 Å². The van der Waals surface area contributed by atoms with Crippen LogP contribution in [-0.4, -0.2) is 9.55 Å². The second-order valence-electron chi connectivity index (χ2n) is 14.7. The van der Waals surface area contributed by atoms with Crippen molar-refractivity contribution >= 4 is 82.7 Å². The molecule has 12 aromatic rings. The normalized spacial score (nSPS) is 11.8. The molecule has 9 aromatic carbocycles. The largest absolute Gasteiger partial charge is 0.456 e. The van der Waals surface area contributed by atoms with Gasteiger partial charge in [0.2, 0.25) is 5.89 Å². The summed E-state index contributed by atoms with van der Waals surface area (Å²) in [5, 5.41) is 6.80. The van der Waals surface area contributed by atoms with Gasteiger partial charge in [-0.1, -0.05) is 103 Å². The monoisotopic (exact) mass is 743 g/mol. The van der Waals surface area contributed by atoms with E-state index >= 15 is 0 Å². The average Bonchev–Trinajstić information content (AvgIpc) is 3.99. The highest BCUT2D eigenvalue weighted by molar-refractivity contribution is 6.12. The first-order valence-electron chi connectivity index (χ1n) is 19.5. The van der Waals surface area contributed by atoms with Crippen LogP contribution >= 0.6 is 0 Å². The minimum Gasteiger partial charge on any atom is -0.456 e. The minimum absolute atomic E-state index is 0.626. The first kappa shape index (κ1) is 32.4. The summed E-state index contributed by atoms with van der Waals surface area (Å²) in [4.78, 5) is 7.29. The van der Waals surface area contributed by atoms with Crippen molar-refractivity contribution in [2.24, 2.45) is 0 Å². The van der Waals surface area contributed by atoms with Crippen LogP contribution in [0.2, 0.25) is 0 Å². The van der Waals surface area contributed by atoms with Crippen LogP contribution in [0, 0.1) is 0 Å². The second kappa shape index (κ2) is 12.8. The van der Waals surface area contributed by atoms with Gasteiger partial charge in [0.25, 0.3) is 0 Å². The molecule has 12 rings (SSSR count). The number of hydrogen-bond donors (Lipinski definition) is 0. The zero-order valence-electron chi connectivity index (χ0n) is 31.2. The molecule has 3 aromatic heterocycles. The zero-order chi connectivity index (χ0) is 38.2. The van der Waals surface area contributed by atoms with Crippen LogP contribution < -0.4 is 4.90 Å². The van der Waals surface area contributed by atoms with E-state index in [1.165, 1.54) is 16.3 Å². The van der Waals surface area contributed by atoms with Crippen molar-refractivity contribution in [3.63, 3.8) is 0 Å². The van der Waals surface area contributed by atoms with Gasteiger partial charge in [-0.2, -0.15) is 0 Å². The Bertz CT molecular complexity index is 3510. The Morgan fingerprint density at radius 3 is 1.90 bits per heavy atom. The van der Waals surface area contributed by atoms with Crippen molar-refractivity contribution in [2.75, 3.05) is 4.90 Å². The van der Waals surface area contributed by atoms with E-state index in [4.69, 9.17) is 13.8 Å². The molecule has 0 spiro atoms. The van der Waals surface area contributed by atoms with E-state index in [1.54, 1.807) is 0 Å². The molecule has 0 saturated heterocycles. The van der Waals surface area contributed by atoms with Crippen LogP contribution in [0.15, 0.2) is 209 Å². The molecule has 272 valence electrons. The fraction of sp³-hybridized carbons (Fsp3) is 0. The maximum Gasteiger partial charge on any atom is 0.227 e. The molecule has 3 heterocycles. The van der Waals surface area contributed by atoms with Crippen molar-refractivity contribution in [1.29, 1.82) is 0 Å². The maximum absolute atomic E-state index is 6.43. The lowest BCUT2D eigenvalue weighted by molar-refractivity contribution is 0.620. The topological polar surface area (TPSA) is 47.3 Å². The summed E-state index contributed by atoms with van der Waals surface area (Å²) in [5.41, 5.74) is 13.2. The van der Waals surface area contributed by atoms with E-state index < -0.39 is 0 Å². The smallest absolute Gasteiger partial charge is 0.227 e. The van der Waals surface area contributed by atoms with E-state index in [0.29, 0.717) is 5.89 Å². The second-order valence-corrected chi connectivity index (χ2v) is 14.7. The molecule has 0 N–H and O–H groups in total. The SMILES string of the molecule is c1ccc(-c2nc3c(ccc4c(-c5ccc(N(c6ccc7c(c6)oc6ccccc67)c6ccc7c(c6)c6ccccc6n7-c6ccccc6)cc5)cccc43)o2)cc1. The van der Waals surface area contributed by atoms with E-state index in [1.807, 2.05) is 48.5 Å².